The molecule has 2 aromatic heterocycles. The topological polar surface area (TPSA) is 76.9 Å². The van der Waals surface area contributed by atoms with Gasteiger partial charge in [-0.15, -0.1) is 0 Å². The van der Waals surface area contributed by atoms with Crippen molar-refractivity contribution in [1.29, 1.82) is 0 Å². The van der Waals surface area contributed by atoms with Crippen molar-refractivity contribution in [2.45, 2.75) is 51.2 Å². The van der Waals surface area contributed by atoms with Gasteiger partial charge in [-0.1, -0.05) is 25.7 Å². The number of nitrogens with zero attached hydrogens (tertiary/aromatic N) is 3. The minimum atomic E-state index is -4.60. The third-order valence-corrected chi connectivity index (χ3v) is 4.97. The maximum Gasteiger partial charge on any atom is 0.417 e. The summed E-state index contributed by atoms with van der Waals surface area (Å²) < 4.78 is 40.2. The van der Waals surface area contributed by atoms with E-state index in [1.165, 1.54) is 12.4 Å². The van der Waals surface area contributed by atoms with Gasteiger partial charge in [0.05, 0.1) is 23.7 Å². The summed E-state index contributed by atoms with van der Waals surface area (Å²) in [5.41, 5.74) is -0.956. The lowest BCUT2D eigenvalue weighted by Gasteiger charge is -2.23. The number of aryl methyl sites for hydroxylation is 1. The molecule has 1 atom stereocenters. The Morgan fingerprint density at radius 3 is 2.57 bits per heavy atom. The van der Waals surface area contributed by atoms with Crippen LogP contribution in [0, 0.1) is 12.8 Å². The average molecular weight is 394 g/mol. The molecule has 0 aliphatic heterocycles. The largest absolute Gasteiger partial charge is 0.417 e. The molecule has 0 spiro atoms. The van der Waals surface area contributed by atoms with E-state index in [-0.39, 0.29) is 11.7 Å². The molecule has 2 heterocycles. The second kappa shape index (κ2) is 8.12. The standard InChI is InChI=1S/C19H21F3N4O2/c1-12-9-24-16(10-23-12)25-18(28)15(8-13-4-2-3-5-13)26-11-14(19(20,21)22)6-7-17(26)27/h6-7,9-11,13,15H,2-5,8H2,1H3,(H,24,25,28). The van der Waals surface area contributed by atoms with Crippen molar-refractivity contribution in [1.82, 2.24) is 14.5 Å². The number of nitrogens with one attached hydrogen (secondary N) is 1. The highest BCUT2D eigenvalue weighted by Gasteiger charge is 2.33. The molecule has 1 aliphatic rings. The van der Waals surface area contributed by atoms with Crippen molar-refractivity contribution in [2.75, 3.05) is 5.32 Å². The zero-order valence-electron chi connectivity index (χ0n) is 15.4. The number of alkyl halides is 3. The van der Waals surface area contributed by atoms with Gasteiger partial charge in [-0.05, 0) is 25.3 Å². The van der Waals surface area contributed by atoms with Crippen LogP contribution in [0.2, 0.25) is 0 Å². The molecule has 0 radical (unpaired) electrons. The summed E-state index contributed by atoms with van der Waals surface area (Å²) in [5.74, 6) is -0.209. The van der Waals surface area contributed by atoms with Crippen LogP contribution in [0.15, 0.2) is 35.5 Å². The van der Waals surface area contributed by atoms with Gasteiger partial charge in [0.1, 0.15) is 6.04 Å². The Balaban J connectivity index is 1.93. The number of rotatable bonds is 5. The zero-order valence-corrected chi connectivity index (χ0v) is 15.4. The summed E-state index contributed by atoms with van der Waals surface area (Å²) in [7, 11) is 0. The number of hydrogen-bond donors (Lipinski definition) is 1. The highest BCUT2D eigenvalue weighted by Crippen LogP contribution is 2.33. The molecule has 1 saturated carbocycles. The maximum atomic E-state index is 13.1. The fourth-order valence-corrected chi connectivity index (χ4v) is 3.49. The van der Waals surface area contributed by atoms with Crippen LogP contribution < -0.4 is 10.9 Å². The predicted octanol–water partition coefficient (Wildman–Crippen LogP) is 3.73. The Labute approximate surface area is 159 Å². The molecule has 0 aromatic carbocycles. The number of amides is 1. The third-order valence-electron chi connectivity index (χ3n) is 4.97. The number of pyridine rings is 1. The summed E-state index contributed by atoms with van der Waals surface area (Å²) in [6, 6.07) is 0.527. The maximum absolute atomic E-state index is 13.1. The fourth-order valence-electron chi connectivity index (χ4n) is 3.49. The van der Waals surface area contributed by atoms with E-state index in [9.17, 15) is 22.8 Å². The van der Waals surface area contributed by atoms with E-state index >= 15 is 0 Å². The molecule has 28 heavy (non-hydrogen) atoms. The lowest BCUT2D eigenvalue weighted by atomic mass is 9.97. The minimum Gasteiger partial charge on any atom is -0.308 e. The first-order valence-corrected chi connectivity index (χ1v) is 9.13. The number of halogens is 3. The van der Waals surface area contributed by atoms with Gasteiger partial charge >= 0.3 is 6.18 Å². The normalized spacial score (nSPS) is 16.1. The number of carbonyl (C=O) groups is 1. The van der Waals surface area contributed by atoms with Gasteiger partial charge in [-0.25, -0.2) is 4.98 Å². The molecule has 1 fully saturated rings. The second-order valence-corrected chi connectivity index (χ2v) is 7.10. The monoisotopic (exact) mass is 394 g/mol. The van der Waals surface area contributed by atoms with Crippen molar-refractivity contribution in [3.05, 3.63) is 52.3 Å². The van der Waals surface area contributed by atoms with Crippen LogP contribution in [0.25, 0.3) is 0 Å². The van der Waals surface area contributed by atoms with Crippen LogP contribution in [0.1, 0.15) is 49.4 Å². The van der Waals surface area contributed by atoms with Crippen molar-refractivity contribution in [3.63, 3.8) is 0 Å². The fraction of sp³-hybridized carbons (Fsp3) is 0.474. The molecular weight excluding hydrogens is 373 g/mol. The quantitative estimate of drug-likeness (QED) is 0.838. The Morgan fingerprint density at radius 2 is 1.96 bits per heavy atom. The molecule has 9 heteroatoms. The lowest BCUT2D eigenvalue weighted by Crippen LogP contribution is -2.35. The van der Waals surface area contributed by atoms with E-state index in [4.69, 9.17) is 0 Å². The Kier molecular flexibility index (Phi) is 5.81. The molecule has 0 bridgehead atoms. The van der Waals surface area contributed by atoms with E-state index in [0.29, 0.717) is 12.1 Å². The summed E-state index contributed by atoms with van der Waals surface area (Å²) in [6.45, 7) is 1.74. The van der Waals surface area contributed by atoms with Crippen molar-refractivity contribution < 1.29 is 18.0 Å². The van der Waals surface area contributed by atoms with Gasteiger partial charge in [0.2, 0.25) is 5.91 Å². The van der Waals surface area contributed by atoms with E-state index in [2.05, 4.69) is 15.3 Å². The Bertz CT molecular complexity index is 887. The predicted molar refractivity (Wildman–Crippen MR) is 96.7 cm³/mol. The molecule has 1 aliphatic carbocycles. The molecule has 1 unspecified atom stereocenters. The molecule has 1 amide bonds. The van der Waals surface area contributed by atoms with Crippen LogP contribution in [0.4, 0.5) is 19.0 Å². The van der Waals surface area contributed by atoms with E-state index < -0.39 is 29.2 Å². The van der Waals surface area contributed by atoms with Crippen LogP contribution in [0.3, 0.4) is 0 Å². The van der Waals surface area contributed by atoms with Gasteiger partial charge in [-0.2, -0.15) is 13.2 Å². The van der Waals surface area contributed by atoms with Crippen LogP contribution >= 0.6 is 0 Å². The van der Waals surface area contributed by atoms with Crippen molar-refractivity contribution in [3.8, 4) is 0 Å². The lowest BCUT2D eigenvalue weighted by molar-refractivity contribution is -0.138. The second-order valence-electron chi connectivity index (χ2n) is 7.10. The molecule has 2 aromatic rings. The van der Waals surface area contributed by atoms with Crippen LogP contribution in [-0.4, -0.2) is 20.4 Å². The number of anilines is 1. The molecule has 6 nitrogen and oxygen atoms in total. The van der Waals surface area contributed by atoms with Gasteiger partial charge in [0, 0.05) is 12.3 Å². The molecule has 1 N–H and O–H groups in total. The molecular formula is C19H21F3N4O2. The third kappa shape index (κ3) is 4.76. The molecule has 0 saturated heterocycles. The van der Waals surface area contributed by atoms with Crippen molar-refractivity contribution >= 4 is 11.7 Å². The number of hydrogen-bond acceptors (Lipinski definition) is 4. The Morgan fingerprint density at radius 1 is 1.25 bits per heavy atom. The highest BCUT2D eigenvalue weighted by atomic mass is 19.4. The smallest absolute Gasteiger partial charge is 0.308 e. The van der Waals surface area contributed by atoms with Gasteiger partial charge in [-0.3, -0.25) is 14.6 Å². The first-order valence-electron chi connectivity index (χ1n) is 9.13. The first kappa shape index (κ1) is 20.0. The summed E-state index contributed by atoms with van der Waals surface area (Å²) in [5, 5.41) is 2.57. The van der Waals surface area contributed by atoms with Gasteiger partial charge < -0.3 is 9.88 Å². The minimum absolute atomic E-state index is 0.182. The summed E-state index contributed by atoms with van der Waals surface area (Å²) in [4.78, 5) is 33.3. The van der Waals surface area contributed by atoms with Gasteiger partial charge in [0.25, 0.3) is 5.56 Å². The SMILES string of the molecule is Cc1cnc(NC(=O)C(CC2CCCC2)n2cc(C(F)(F)F)ccc2=O)cn1. The summed E-state index contributed by atoms with van der Waals surface area (Å²) >= 11 is 0. The van der Waals surface area contributed by atoms with E-state index in [1.807, 2.05) is 0 Å². The van der Waals surface area contributed by atoms with Crippen LogP contribution in [-0.2, 0) is 11.0 Å². The molecule has 150 valence electrons. The first-order chi connectivity index (χ1) is 13.2. The number of carbonyl (C=O) groups excluding carboxylic acids is 1. The van der Waals surface area contributed by atoms with Gasteiger partial charge in [0.15, 0.2) is 5.82 Å². The zero-order chi connectivity index (χ0) is 20.3. The average Bonchev–Trinajstić information content (AvgIpc) is 3.14. The Hall–Kier alpha value is -2.71. The van der Waals surface area contributed by atoms with E-state index in [1.54, 1.807) is 6.92 Å². The number of aromatic nitrogens is 3. The van der Waals surface area contributed by atoms with E-state index in [0.717, 1.165) is 48.6 Å². The molecule has 3 rings (SSSR count). The van der Waals surface area contributed by atoms with Crippen molar-refractivity contribution in [2.24, 2.45) is 5.92 Å². The summed E-state index contributed by atoms with van der Waals surface area (Å²) in [6.07, 6.45) is 3.07. The van der Waals surface area contributed by atoms with Crippen LogP contribution in [0.5, 0.6) is 0 Å². The highest BCUT2D eigenvalue weighted by molar-refractivity contribution is 5.92.